The number of rotatable bonds is 21. The van der Waals surface area contributed by atoms with E-state index in [4.69, 9.17) is 9.47 Å². The van der Waals surface area contributed by atoms with Crippen LogP contribution < -0.4 is 19.1 Å². The lowest BCUT2D eigenvalue weighted by Gasteiger charge is -2.37. The minimum absolute atomic E-state index is 0.0628. The summed E-state index contributed by atoms with van der Waals surface area (Å²) in [6.07, 6.45) is 0. The fourth-order valence-electron chi connectivity index (χ4n) is 11.8. The van der Waals surface area contributed by atoms with Gasteiger partial charge in [0, 0.05) is 17.3 Å². The van der Waals surface area contributed by atoms with Gasteiger partial charge in [0.25, 0.3) is 15.9 Å². The lowest BCUT2D eigenvalue weighted by molar-refractivity contribution is 0.102. The average Bonchev–Trinajstić information content (AvgIpc) is 0.832. The van der Waals surface area contributed by atoms with E-state index >= 15 is 8.42 Å². The molecule has 0 aromatic heterocycles. The molecule has 12 rings (SSSR count). The largest absolute Gasteiger partial charge is 0.489 e. The SMILES string of the molecule is O=C(Nc1ccc(C(c2ccccc2)(c2ccccc2)c2ccccc2)cc1)c1cccc(S(=O)(=O)N(Cc2cc(OCc3ccccc3)cc(OCc3ccccc3)c2)c2ccc(C(c3ccccc3)(c3ccccc3)c3ccccc3)cc2)c1. The minimum Gasteiger partial charge on any atom is -0.489 e. The zero-order valence-corrected chi connectivity index (χ0v) is 48.1. The Morgan fingerprint density at radius 1 is 0.349 bits per heavy atom. The van der Waals surface area contributed by atoms with Gasteiger partial charge < -0.3 is 14.8 Å². The maximum Gasteiger partial charge on any atom is 0.264 e. The molecule has 0 saturated carbocycles. The van der Waals surface area contributed by atoms with Crippen LogP contribution in [0.25, 0.3) is 0 Å². The summed E-state index contributed by atoms with van der Waals surface area (Å²) < 4.78 is 45.9. The number of nitrogens with one attached hydrogen (secondary N) is 1. The van der Waals surface area contributed by atoms with Crippen LogP contribution in [0.5, 0.6) is 11.5 Å². The Morgan fingerprint density at radius 2 is 0.686 bits per heavy atom. The highest BCUT2D eigenvalue weighted by Gasteiger charge is 2.40. The van der Waals surface area contributed by atoms with Crippen LogP contribution in [-0.4, -0.2) is 14.3 Å². The molecule has 0 heterocycles. The third kappa shape index (κ3) is 11.7. The molecule has 0 saturated heterocycles. The summed E-state index contributed by atoms with van der Waals surface area (Å²) in [6.45, 7) is 0.450. The summed E-state index contributed by atoms with van der Waals surface area (Å²) in [6, 6.07) is 110. The van der Waals surface area contributed by atoms with Crippen LogP contribution >= 0.6 is 0 Å². The fourth-order valence-corrected chi connectivity index (χ4v) is 13.3. The van der Waals surface area contributed by atoms with Crippen LogP contribution in [0.2, 0.25) is 0 Å². The molecule has 8 heteroatoms. The van der Waals surface area contributed by atoms with Crippen molar-refractivity contribution in [1.82, 2.24) is 0 Å². The van der Waals surface area contributed by atoms with Crippen molar-refractivity contribution in [2.75, 3.05) is 9.62 Å². The van der Waals surface area contributed by atoms with E-state index in [9.17, 15) is 4.79 Å². The average molecular weight is 1140 g/mol. The number of carbonyl (C=O) groups is 1. The molecule has 420 valence electrons. The first-order chi connectivity index (χ1) is 42.3. The molecule has 7 nitrogen and oxygen atoms in total. The Labute approximate surface area is 504 Å². The van der Waals surface area contributed by atoms with E-state index in [-0.39, 0.29) is 30.2 Å². The van der Waals surface area contributed by atoms with Crippen molar-refractivity contribution in [3.8, 4) is 11.5 Å². The van der Waals surface area contributed by atoms with Gasteiger partial charge in [0.2, 0.25) is 0 Å². The number of nitrogens with zero attached hydrogens (tertiary/aromatic N) is 1. The molecule has 12 aromatic carbocycles. The van der Waals surface area contributed by atoms with Gasteiger partial charge in [-0.1, -0.05) is 273 Å². The molecule has 1 N–H and O–H groups in total. The topological polar surface area (TPSA) is 84.9 Å². The minimum atomic E-state index is -4.45. The van der Waals surface area contributed by atoms with Crippen LogP contribution in [0.15, 0.2) is 339 Å². The highest BCUT2D eigenvalue weighted by molar-refractivity contribution is 7.92. The molecule has 12 aromatic rings. The summed E-state index contributed by atoms with van der Waals surface area (Å²) in [5.74, 6) is 0.560. The maximum absolute atomic E-state index is 15.8. The van der Waals surface area contributed by atoms with Gasteiger partial charge in [0.05, 0.1) is 28.0 Å². The lowest BCUT2D eigenvalue weighted by atomic mass is 9.65. The maximum atomic E-state index is 15.8. The van der Waals surface area contributed by atoms with Gasteiger partial charge >= 0.3 is 0 Å². The van der Waals surface area contributed by atoms with E-state index in [2.05, 4.69) is 127 Å². The van der Waals surface area contributed by atoms with E-state index in [1.807, 2.05) is 188 Å². The van der Waals surface area contributed by atoms with Crippen LogP contribution in [0, 0.1) is 0 Å². The number of ether oxygens (including phenoxy) is 2. The third-order valence-corrected chi connectivity index (χ3v) is 17.6. The van der Waals surface area contributed by atoms with Crippen LogP contribution in [0.1, 0.15) is 71.6 Å². The van der Waals surface area contributed by atoms with Crippen molar-refractivity contribution >= 4 is 27.3 Å². The van der Waals surface area contributed by atoms with Gasteiger partial charge in [-0.05, 0) is 116 Å². The first kappa shape index (κ1) is 56.0. The first-order valence-corrected chi connectivity index (χ1v) is 30.2. The normalized spacial score (nSPS) is 11.5. The summed E-state index contributed by atoms with van der Waals surface area (Å²) in [5, 5.41) is 3.08. The van der Waals surface area contributed by atoms with E-state index in [0.29, 0.717) is 28.4 Å². The van der Waals surface area contributed by atoms with Crippen molar-refractivity contribution < 1.29 is 22.7 Å². The van der Waals surface area contributed by atoms with Crippen molar-refractivity contribution in [2.45, 2.75) is 35.5 Å². The molecule has 86 heavy (non-hydrogen) atoms. The lowest BCUT2D eigenvalue weighted by Crippen LogP contribution is -2.32. The van der Waals surface area contributed by atoms with Gasteiger partial charge in [-0.3, -0.25) is 9.10 Å². The molecule has 0 aliphatic carbocycles. The Hall–Kier alpha value is -10.5. The van der Waals surface area contributed by atoms with Crippen molar-refractivity contribution in [3.05, 3.63) is 400 Å². The van der Waals surface area contributed by atoms with E-state index in [0.717, 1.165) is 55.6 Å². The van der Waals surface area contributed by atoms with Crippen molar-refractivity contribution in [1.29, 1.82) is 0 Å². The zero-order chi connectivity index (χ0) is 58.6. The monoisotopic (exact) mass is 1140 g/mol. The van der Waals surface area contributed by atoms with Gasteiger partial charge in [-0.15, -0.1) is 0 Å². The summed E-state index contributed by atoms with van der Waals surface area (Å²) in [7, 11) is -4.45. The van der Waals surface area contributed by atoms with E-state index in [1.165, 1.54) is 16.4 Å². The second-order valence-corrected chi connectivity index (χ2v) is 23.0. The van der Waals surface area contributed by atoms with Gasteiger partial charge in [-0.25, -0.2) is 8.42 Å². The van der Waals surface area contributed by atoms with Crippen LogP contribution in [0.3, 0.4) is 0 Å². The standard InChI is InChI=1S/C78H62N2O5S/c81-76(79-71-48-44-69(45-49-71)77(63-31-13-3-14-32-63,64-33-15-4-16-34-64)65-35-17-5-18-36-65)62-30-25-43-75(54-62)86(82,83)80(56-61-52-73(84-57-59-26-9-1-10-27-59)55-74(53-61)85-58-60-28-11-2-12-29-60)72-50-46-70(47-51-72)78(66-37-19-6-20-38-66,67-39-21-7-22-40-67)68-41-23-8-24-42-68/h1-55H,56-58H2,(H,79,81). The van der Waals surface area contributed by atoms with E-state index in [1.54, 1.807) is 12.1 Å². The Bertz CT molecular complexity index is 4020. The molecule has 0 atom stereocenters. The van der Waals surface area contributed by atoms with Gasteiger partial charge in [0.1, 0.15) is 24.7 Å². The smallest absolute Gasteiger partial charge is 0.264 e. The second kappa shape index (κ2) is 25.5. The molecule has 0 aliphatic heterocycles. The highest BCUT2D eigenvalue weighted by Crippen LogP contribution is 2.47. The molecule has 1 amide bonds. The molecular weight excluding hydrogens is 1080 g/mol. The number of anilines is 2. The first-order valence-electron chi connectivity index (χ1n) is 28.7. The Balaban J connectivity index is 0.920. The van der Waals surface area contributed by atoms with Crippen molar-refractivity contribution in [2.24, 2.45) is 0 Å². The molecule has 0 bridgehead atoms. The Morgan fingerprint density at radius 3 is 1.06 bits per heavy atom. The van der Waals surface area contributed by atoms with E-state index < -0.39 is 26.8 Å². The summed E-state index contributed by atoms with van der Waals surface area (Å²) in [4.78, 5) is 14.4. The molecule has 0 aliphatic rings. The number of benzene rings is 12. The highest BCUT2D eigenvalue weighted by atomic mass is 32.2. The van der Waals surface area contributed by atoms with Crippen LogP contribution in [0.4, 0.5) is 11.4 Å². The second-order valence-electron chi connectivity index (χ2n) is 21.2. The number of amides is 1. The Kier molecular flexibility index (Phi) is 16.6. The summed E-state index contributed by atoms with van der Waals surface area (Å²) >= 11 is 0. The van der Waals surface area contributed by atoms with Gasteiger partial charge in [0.15, 0.2) is 0 Å². The number of sulfonamides is 1. The number of hydrogen-bond donors (Lipinski definition) is 1. The molecular formula is C78H62N2O5S. The van der Waals surface area contributed by atoms with Crippen LogP contribution in [-0.2, 0) is 40.6 Å². The predicted octanol–water partition coefficient (Wildman–Crippen LogP) is 17.3. The molecule has 0 spiro atoms. The summed E-state index contributed by atoms with van der Waals surface area (Å²) in [5.41, 5.74) is 10.6. The fraction of sp³-hybridized carbons (Fsp3) is 0.0641. The van der Waals surface area contributed by atoms with Gasteiger partial charge in [-0.2, -0.15) is 0 Å². The number of carbonyl (C=O) groups excluding carboxylic acids is 1. The zero-order valence-electron chi connectivity index (χ0n) is 47.3. The van der Waals surface area contributed by atoms with Crippen molar-refractivity contribution in [3.63, 3.8) is 0 Å². The number of hydrogen-bond acceptors (Lipinski definition) is 5. The third-order valence-electron chi connectivity index (χ3n) is 15.9. The molecule has 0 unspecified atom stereocenters. The molecule has 0 radical (unpaired) electrons. The quantitative estimate of drug-likeness (QED) is 0.0725. The predicted molar refractivity (Wildman–Crippen MR) is 345 cm³/mol. The molecule has 0 fully saturated rings.